The number of hydrogen-bond donors (Lipinski definition) is 1. The van der Waals surface area contributed by atoms with Gasteiger partial charge in [0.05, 0.1) is 23.6 Å². The fourth-order valence-corrected chi connectivity index (χ4v) is 4.70. The highest BCUT2D eigenvalue weighted by atomic mass is 35.5. The summed E-state index contributed by atoms with van der Waals surface area (Å²) in [6, 6.07) is 22.5. The highest BCUT2D eigenvalue weighted by molar-refractivity contribution is 7.89. The van der Waals surface area contributed by atoms with Crippen LogP contribution >= 0.6 is 11.6 Å². The number of nitrogens with zero attached hydrogens (tertiary/aromatic N) is 1. The summed E-state index contributed by atoms with van der Waals surface area (Å²) in [7, 11) is -2.35. The summed E-state index contributed by atoms with van der Waals surface area (Å²) in [5.74, 6) is 0.0182. The number of sulfonamides is 1. The number of nitrogens with one attached hydrogen (secondary N) is 1. The Morgan fingerprint density at radius 3 is 2.26 bits per heavy atom. The topological polar surface area (TPSA) is 75.7 Å². The Morgan fingerprint density at radius 2 is 1.65 bits per heavy atom. The van der Waals surface area contributed by atoms with Crippen molar-refractivity contribution in [2.24, 2.45) is 0 Å². The van der Waals surface area contributed by atoms with Crippen LogP contribution in [-0.4, -0.2) is 38.8 Å². The van der Waals surface area contributed by atoms with Gasteiger partial charge < -0.3 is 10.1 Å². The molecule has 162 valence electrons. The molecule has 1 amide bonds. The monoisotopic (exact) mass is 458 g/mol. The second kappa shape index (κ2) is 10.4. The molecule has 31 heavy (non-hydrogen) atoms. The van der Waals surface area contributed by atoms with E-state index in [0.29, 0.717) is 22.9 Å². The van der Waals surface area contributed by atoms with Crippen LogP contribution < -0.4 is 10.1 Å². The predicted octanol–water partition coefficient (Wildman–Crippen LogP) is 4.22. The molecule has 0 unspecified atom stereocenters. The molecule has 6 nitrogen and oxygen atoms in total. The lowest BCUT2D eigenvalue weighted by atomic mass is 10.1. The van der Waals surface area contributed by atoms with Crippen molar-refractivity contribution in [3.05, 3.63) is 89.4 Å². The largest absolute Gasteiger partial charge is 0.495 e. The van der Waals surface area contributed by atoms with Gasteiger partial charge in [-0.25, -0.2) is 8.42 Å². The first-order valence-corrected chi connectivity index (χ1v) is 11.4. The zero-order chi connectivity index (χ0) is 22.3. The highest BCUT2D eigenvalue weighted by Crippen LogP contribution is 2.27. The van der Waals surface area contributed by atoms with Crippen LogP contribution in [0.5, 0.6) is 5.75 Å². The van der Waals surface area contributed by atoms with Crippen LogP contribution in [0.1, 0.15) is 5.56 Å². The molecular formula is C23H23ClN2O4S. The standard InChI is InChI=1S/C23H23ClN2O4S/c1-30-22-13-12-19(16-21(22)24)25-23(27)17-26(15-14-18-8-4-2-5-9-18)31(28,29)20-10-6-3-7-11-20/h2-13,16H,14-15,17H2,1H3,(H,25,27). The molecule has 0 fully saturated rings. The van der Waals surface area contributed by atoms with E-state index in [-0.39, 0.29) is 18.0 Å². The SMILES string of the molecule is COc1ccc(NC(=O)CN(CCc2ccccc2)S(=O)(=O)c2ccccc2)cc1Cl. The Bertz CT molecular complexity index is 1120. The Labute approximate surface area is 187 Å². The van der Waals surface area contributed by atoms with Gasteiger partial charge in [0.1, 0.15) is 5.75 Å². The van der Waals surface area contributed by atoms with E-state index < -0.39 is 15.9 Å². The summed E-state index contributed by atoms with van der Waals surface area (Å²) in [4.78, 5) is 12.8. The molecule has 0 saturated heterocycles. The van der Waals surface area contributed by atoms with Crippen LogP contribution in [0.2, 0.25) is 5.02 Å². The lowest BCUT2D eigenvalue weighted by Crippen LogP contribution is -2.39. The number of carbonyl (C=O) groups excluding carboxylic acids is 1. The minimum absolute atomic E-state index is 0.142. The van der Waals surface area contributed by atoms with Gasteiger partial charge >= 0.3 is 0 Å². The number of amides is 1. The number of hydrogen-bond acceptors (Lipinski definition) is 4. The summed E-state index contributed by atoms with van der Waals surface area (Å²) in [5.41, 5.74) is 1.44. The van der Waals surface area contributed by atoms with Crippen molar-refractivity contribution in [2.45, 2.75) is 11.3 Å². The van der Waals surface area contributed by atoms with E-state index in [0.717, 1.165) is 5.56 Å². The molecule has 0 saturated carbocycles. The van der Waals surface area contributed by atoms with Gasteiger partial charge in [0.15, 0.2) is 0 Å². The number of anilines is 1. The summed E-state index contributed by atoms with van der Waals surface area (Å²) < 4.78 is 32.7. The van der Waals surface area contributed by atoms with Crippen molar-refractivity contribution in [1.82, 2.24) is 4.31 Å². The molecular weight excluding hydrogens is 436 g/mol. The Hall–Kier alpha value is -2.87. The maximum atomic E-state index is 13.2. The van der Waals surface area contributed by atoms with Gasteiger partial charge in [-0.1, -0.05) is 60.1 Å². The van der Waals surface area contributed by atoms with Gasteiger partial charge in [-0.3, -0.25) is 4.79 Å². The second-order valence-electron chi connectivity index (χ2n) is 6.78. The first kappa shape index (κ1) is 22.8. The minimum atomic E-state index is -3.85. The van der Waals surface area contributed by atoms with Gasteiger partial charge in [0.25, 0.3) is 0 Å². The molecule has 0 aliphatic carbocycles. The first-order chi connectivity index (χ1) is 14.9. The molecule has 0 atom stereocenters. The second-order valence-corrected chi connectivity index (χ2v) is 9.13. The molecule has 0 spiro atoms. The fourth-order valence-electron chi connectivity index (χ4n) is 3.03. The summed E-state index contributed by atoms with van der Waals surface area (Å²) in [5, 5.41) is 3.05. The molecule has 0 bridgehead atoms. The zero-order valence-corrected chi connectivity index (χ0v) is 18.6. The van der Waals surface area contributed by atoms with Crippen LogP contribution in [0.4, 0.5) is 5.69 Å². The van der Waals surface area contributed by atoms with E-state index in [4.69, 9.17) is 16.3 Å². The molecule has 3 rings (SSSR count). The van der Waals surface area contributed by atoms with E-state index in [1.165, 1.54) is 23.5 Å². The third-order valence-electron chi connectivity index (χ3n) is 4.63. The lowest BCUT2D eigenvalue weighted by Gasteiger charge is -2.22. The van der Waals surface area contributed by atoms with Crippen molar-refractivity contribution in [1.29, 1.82) is 0 Å². The number of rotatable bonds is 9. The average molecular weight is 459 g/mol. The number of carbonyl (C=O) groups is 1. The van der Waals surface area contributed by atoms with Crippen LogP contribution in [0, 0.1) is 0 Å². The van der Waals surface area contributed by atoms with Crippen LogP contribution in [-0.2, 0) is 21.2 Å². The number of halogens is 1. The van der Waals surface area contributed by atoms with Gasteiger partial charge in [-0.2, -0.15) is 4.31 Å². The van der Waals surface area contributed by atoms with E-state index >= 15 is 0 Å². The highest BCUT2D eigenvalue weighted by Gasteiger charge is 2.26. The predicted molar refractivity (Wildman–Crippen MR) is 122 cm³/mol. The van der Waals surface area contributed by atoms with Gasteiger partial charge in [-0.05, 0) is 42.3 Å². The minimum Gasteiger partial charge on any atom is -0.495 e. The first-order valence-electron chi connectivity index (χ1n) is 9.62. The summed E-state index contributed by atoms with van der Waals surface area (Å²) in [6.45, 7) is -0.161. The van der Waals surface area contributed by atoms with Gasteiger partial charge in [0.2, 0.25) is 15.9 Å². The van der Waals surface area contributed by atoms with E-state index in [9.17, 15) is 13.2 Å². The lowest BCUT2D eigenvalue weighted by molar-refractivity contribution is -0.116. The fraction of sp³-hybridized carbons (Fsp3) is 0.174. The Kier molecular flexibility index (Phi) is 7.68. The van der Waals surface area contributed by atoms with Crippen molar-refractivity contribution in [2.75, 3.05) is 25.5 Å². The van der Waals surface area contributed by atoms with Crippen molar-refractivity contribution in [3.8, 4) is 5.75 Å². The van der Waals surface area contributed by atoms with E-state index in [1.54, 1.807) is 36.4 Å². The molecule has 0 radical (unpaired) electrons. The molecule has 8 heteroatoms. The normalized spacial score (nSPS) is 11.3. The summed E-state index contributed by atoms with van der Waals surface area (Å²) >= 11 is 6.11. The van der Waals surface area contributed by atoms with Gasteiger partial charge in [-0.15, -0.1) is 0 Å². The maximum Gasteiger partial charge on any atom is 0.243 e. The van der Waals surface area contributed by atoms with E-state index in [1.807, 2.05) is 30.3 Å². The Morgan fingerprint density at radius 1 is 1.00 bits per heavy atom. The average Bonchev–Trinajstić information content (AvgIpc) is 2.78. The molecule has 3 aromatic carbocycles. The van der Waals surface area contributed by atoms with Crippen LogP contribution in [0.25, 0.3) is 0 Å². The molecule has 0 aliphatic rings. The smallest absolute Gasteiger partial charge is 0.243 e. The molecule has 3 aromatic rings. The van der Waals surface area contributed by atoms with Crippen molar-refractivity contribution >= 4 is 33.2 Å². The molecule has 1 N–H and O–H groups in total. The third kappa shape index (κ3) is 6.07. The van der Waals surface area contributed by atoms with E-state index in [2.05, 4.69) is 5.32 Å². The van der Waals surface area contributed by atoms with Crippen molar-refractivity contribution < 1.29 is 17.9 Å². The maximum absolute atomic E-state index is 13.2. The van der Waals surface area contributed by atoms with Gasteiger partial charge in [0, 0.05) is 12.2 Å². The van der Waals surface area contributed by atoms with Crippen LogP contribution in [0.3, 0.4) is 0 Å². The number of methoxy groups -OCH3 is 1. The van der Waals surface area contributed by atoms with Crippen LogP contribution in [0.15, 0.2) is 83.8 Å². The molecule has 0 aliphatic heterocycles. The quantitative estimate of drug-likeness (QED) is 0.521. The number of ether oxygens (including phenoxy) is 1. The molecule has 0 heterocycles. The number of benzene rings is 3. The Balaban J connectivity index is 1.78. The third-order valence-corrected chi connectivity index (χ3v) is 6.78. The molecule has 0 aromatic heterocycles. The zero-order valence-electron chi connectivity index (χ0n) is 17.0. The van der Waals surface area contributed by atoms with Crippen molar-refractivity contribution in [3.63, 3.8) is 0 Å². The summed E-state index contributed by atoms with van der Waals surface area (Å²) in [6.07, 6.45) is 0.481.